The van der Waals surface area contributed by atoms with Crippen LogP contribution in [0.15, 0.2) is 6.20 Å². The van der Waals surface area contributed by atoms with Crippen LogP contribution in [0.3, 0.4) is 0 Å². The number of carbonyl (C=O) groups is 1. The number of hydrogen-bond donors (Lipinski definition) is 1. The van der Waals surface area contributed by atoms with Gasteiger partial charge in [-0.2, -0.15) is 5.10 Å². The highest BCUT2D eigenvalue weighted by molar-refractivity contribution is 7.15. The summed E-state index contributed by atoms with van der Waals surface area (Å²) in [5.41, 5.74) is 2.05. The fraction of sp³-hybridized carbons (Fsp3) is 0.364. The normalized spacial score (nSPS) is 10.8. The molecule has 0 amide bonds. The fourth-order valence-corrected chi connectivity index (χ4v) is 2.51. The van der Waals surface area contributed by atoms with Crippen LogP contribution in [0.5, 0.6) is 0 Å². The molecule has 0 spiro atoms. The monoisotopic (exact) mass is 251 g/mol. The van der Waals surface area contributed by atoms with Crippen molar-refractivity contribution in [2.45, 2.75) is 13.8 Å². The van der Waals surface area contributed by atoms with E-state index in [-0.39, 0.29) is 5.78 Å². The van der Waals surface area contributed by atoms with E-state index in [0.717, 1.165) is 15.6 Å². The summed E-state index contributed by atoms with van der Waals surface area (Å²) in [5, 5.41) is 13.8. The van der Waals surface area contributed by atoms with Gasteiger partial charge in [0.05, 0.1) is 17.5 Å². The van der Waals surface area contributed by atoms with Gasteiger partial charge in [-0.15, -0.1) is 11.3 Å². The van der Waals surface area contributed by atoms with Crippen molar-refractivity contribution in [2.75, 3.05) is 6.61 Å². The maximum Gasteiger partial charge on any atom is 0.206 e. The van der Waals surface area contributed by atoms with Gasteiger partial charge in [-0.3, -0.25) is 9.48 Å². The molecule has 0 unspecified atom stereocenters. The summed E-state index contributed by atoms with van der Waals surface area (Å²) in [5.74, 6) is -0.342. The summed E-state index contributed by atoms with van der Waals surface area (Å²) >= 11 is 1.52. The lowest BCUT2D eigenvalue weighted by molar-refractivity contribution is 0.0895. The average Bonchev–Trinajstić information content (AvgIpc) is 2.82. The zero-order chi connectivity index (χ0) is 12.6. The first kappa shape index (κ1) is 11.9. The summed E-state index contributed by atoms with van der Waals surface area (Å²) in [6.07, 6.45) is 1.61. The average molecular weight is 251 g/mol. The molecule has 0 radical (unpaired) electrons. The standard InChI is InChI=1S/C11H13N3O2S/c1-6-7(2)17-11(13-6)8-4-12-14(3)10(8)9(16)5-15/h4,15H,5H2,1-3H3. The van der Waals surface area contributed by atoms with Crippen molar-refractivity contribution in [3.8, 4) is 10.6 Å². The van der Waals surface area contributed by atoms with Gasteiger partial charge in [-0.1, -0.05) is 0 Å². The van der Waals surface area contributed by atoms with E-state index in [4.69, 9.17) is 5.11 Å². The van der Waals surface area contributed by atoms with Gasteiger partial charge in [0.15, 0.2) is 0 Å². The van der Waals surface area contributed by atoms with Crippen LogP contribution in [0, 0.1) is 13.8 Å². The van der Waals surface area contributed by atoms with E-state index < -0.39 is 6.61 Å². The molecule has 0 aliphatic heterocycles. The molecule has 90 valence electrons. The topological polar surface area (TPSA) is 68.0 Å². The van der Waals surface area contributed by atoms with Crippen molar-refractivity contribution in [3.05, 3.63) is 22.5 Å². The van der Waals surface area contributed by atoms with Gasteiger partial charge in [0.1, 0.15) is 17.3 Å². The van der Waals surface area contributed by atoms with Crippen LogP contribution >= 0.6 is 11.3 Å². The number of thiazole rings is 1. The zero-order valence-corrected chi connectivity index (χ0v) is 10.7. The first-order valence-electron chi connectivity index (χ1n) is 5.15. The van der Waals surface area contributed by atoms with Crippen LogP contribution in [-0.2, 0) is 7.05 Å². The van der Waals surface area contributed by atoms with Crippen molar-refractivity contribution >= 4 is 17.1 Å². The van der Waals surface area contributed by atoms with Crippen LogP contribution in [-0.4, -0.2) is 32.3 Å². The predicted octanol–water partition coefficient (Wildman–Crippen LogP) is 1.34. The minimum absolute atomic E-state index is 0.342. The highest BCUT2D eigenvalue weighted by Gasteiger charge is 2.19. The molecule has 0 aromatic carbocycles. The Bertz CT molecular complexity index is 552. The first-order chi connectivity index (χ1) is 8.04. The van der Waals surface area contributed by atoms with E-state index >= 15 is 0 Å². The Kier molecular flexibility index (Phi) is 3.08. The van der Waals surface area contributed by atoms with Gasteiger partial charge < -0.3 is 5.11 Å². The summed E-state index contributed by atoms with van der Waals surface area (Å²) in [6, 6.07) is 0. The molecule has 0 saturated heterocycles. The Balaban J connectivity index is 2.56. The Labute approximate surface area is 103 Å². The van der Waals surface area contributed by atoms with Crippen LogP contribution < -0.4 is 0 Å². The van der Waals surface area contributed by atoms with E-state index in [1.54, 1.807) is 13.2 Å². The highest BCUT2D eigenvalue weighted by atomic mass is 32.1. The van der Waals surface area contributed by atoms with Crippen molar-refractivity contribution in [3.63, 3.8) is 0 Å². The second-order valence-electron chi connectivity index (χ2n) is 3.77. The van der Waals surface area contributed by atoms with Gasteiger partial charge in [0.2, 0.25) is 5.78 Å². The zero-order valence-electron chi connectivity index (χ0n) is 9.89. The third kappa shape index (κ3) is 2.01. The number of aliphatic hydroxyl groups excluding tert-OH is 1. The molecule has 0 atom stereocenters. The lowest BCUT2D eigenvalue weighted by Gasteiger charge is -2.00. The second-order valence-corrected chi connectivity index (χ2v) is 4.98. The van der Waals surface area contributed by atoms with Crippen molar-refractivity contribution in [1.82, 2.24) is 14.8 Å². The molecule has 0 aliphatic rings. The lowest BCUT2D eigenvalue weighted by Crippen LogP contribution is -2.11. The third-order valence-electron chi connectivity index (χ3n) is 2.61. The second kappa shape index (κ2) is 4.38. The molecule has 5 nitrogen and oxygen atoms in total. The number of Topliss-reactive ketones (excluding diaryl/α,β-unsaturated/α-hetero) is 1. The Morgan fingerprint density at radius 2 is 2.24 bits per heavy atom. The number of carbonyl (C=O) groups excluding carboxylic acids is 1. The van der Waals surface area contributed by atoms with Gasteiger partial charge in [-0.05, 0) is 13.8 Å². The first-order valence-corrected chi connectivity index (χ1v) is 5.96. The Hall–Kier alpha value is -1.53. The van der Waals surface area contributed by atoms with E-state index in [0.29, 0.717) is 11.3 Å². The van der Waals surface area contributed by atoms with Crippen LogP contribution in [0.25, 0.3) is 10.6 Å². The van der Waals surface area contributed by atoms with Gasteiger partial charge in [0, 0.05) is 11.9 Å². The molecule has 2 aromatic rings. The number of aryl methyl sites for hydroxylation is 3. The quantitative estimate of drug-likeness (QED) is 0.836. The maximum absolute atomic E-state index is 11.6. The lowest BCUT2D eigenvalue weighted by atomic mass is 10.2. The number of ketones is 1. The molecule has 0 aliphatic carbocycles. The molecule has 2 aromatic heterocycles. The number of aromatic nitrogens is 3. The van der Waals surface area contributed by atoms with Gasteiger partial charge in [-0.25, -0.2) is 4.98 Å². The molecular formula is C11H13N3O2S. The molecule has 0 bridgehead atoms. The summed E-state index contributed by atoms with van der Waals surface area (Å²) in [7, 11) is 1.68. The number of nitrogens with zero attached hydrogens (tertiary/aromatic N) is 3. The molecule has 0 saturated carbocycles. The van der Waals surface area contributed by atoms with Crippen LogP contribution in [0.2, 0.25) is 0 Å². The van der Waals surface area contributed by atoms with E-state index in [1.165, 1.54) is 16.0 Å². The van der Waals surface area contributed by atoms with Crippen LogP contribution in [0.1, 0.15) is 21.1 Å². The molecule has 1 N–H and O–H groups in total. The van der Waals surface area contributed by atoms with Crippen LogP contribution in [0.4, 0.5) is 0 Å². The molecular weight excluding hydrogens is 238 g/mol. The summed E-state index contributed by atoms with van der Waals surface area (Å²) < 4.78 is 1.47. The highest BCUT2D eigenvalue weighted by Crippen LogP contribution is 2.29. The summed E-state index contributed by atoms with van der Waals surface area (Å²) in [4.78, 5) is 17.2. The molecule has 17 heavy (non-hydrogen) atoms. The minimum Gasteiger partial charge on any atom is -0.388 e. The third-order valence-corrected chi connectivity index (χ3v) is 3.71. The largest absolute Gasteiger partial charge is 0.388 e. The SMILES string of the molecule is Cc1nc(-c2cnn(C)c2C(=O)CO)sc1C. The van der Waals surface area contributed by atoms with Crippen molar-refractivity contribution in [1.29, 1.82) is 0 Å². The fourth-order valence-electron chi connectivity index (χ4n) is 1.59. The maximum atomic E-state index is 11.6. The number of hydrogen-bond acceptors (Lipinski definition) is 5. The molecule has 6 heteroatoms. The number of aliphatic hydroxyl groups is 1. The van der Waals surface area contributed by atoms with Gasteiger partial charge in [0.25, 0.3) is 0 Å². The minimum atomic E-state index is -0.518. The van der Waals surface area contributed by atoms with E-state index in [9.17, 15) is 4.79 Å². The van der Waals surface area contributed by atoms with Crippen molar-refractivity contribution < 1.29 is 9.90 Å². The van der Waals surface area contributed by atoms with Crippen molar-refractivity contribution in [2.24, 2.45) is 7.05 Å². The Morgan fingerprint density at radius 1 is 1.53 bits per heavy atom. The number of rotatable bonds is 3. The Morgan fingerprint density at radius 3 is 2.76 bits per heavy atom. The van der Waals surface area contributed by atoms with E-state index in [2.05, 4.69) is 10.1 Å². The predicted molar refractivity (Wildman–Crippen MR) is 65.2 cm³/mol. The van der Waals surface area contributed by atoms with Gasteiger partial charge >= 0.3 is 0 Å². The molecule has 0 fully saturated rings. The smallest absolute Gasteiger partial charge is 0.206 e. The molecule has 2 heterocycles. The summed E-state index contributed by atoms with van der Waals surface area (Å²) in [6.45, 7) is 3.40. The van der Waals surface area contributed by atoms with E-state index in [1.807, 2.05) is 13.8 Å². The molecule has 2 rings (SSSR count).